The summed E-state index contributed by atoms with van der Waals surface area (Å²) in [4.78, 5) is 22.2. The molecule has 32 heavy (non-hydrogen) atoms. The van der Waals surface area contributed by atoms with Gasteiger partial charge in [-0.15, -0.1) is 0 Å². The fraction of sp³-hybridized carbons (Fsp3) is 0.400. The van der Waals surface area contributed by atoms with Crippen LogP contribution in [0.25, 0.3) is 11.1 Å². The van der Waals surface area contributed by atoms with Gasteiger partial charge in [0.1, 0.15) is 30.0 Å². The number of amides is 1. The molecular weight excluding hydrogens is 484 g/mol. The monoisotopic (exact) mass is 501 g/mol. The summed E-state index contributed by atoms with van der Waals surface area (Å²) < 4.78 is 23.1. The summed E-state index contributed by atoms with van der Waals surface area (Å²) in [5.41, 5.74) is 2.64. The number of fused-ring (bicyclic) bond motifs is 1. The largest absolute Gasteiger partial charge is 0.445 e. The molecule has 1 amide bonds. The Kier molecular flexibility index (Phi) is 6.60. The first-order chi connectivity index (χ1) is 15.2. The predicted molar refractivity (Wildman–Crippen MR) is 119 cm³/mol. The number of ether oxygens (including phenoxy) is 1. The SMILES string of the molecule is Cc1ccc(Nc2ncnc3c(C4CCN(C(=O)OCC(Cl)(Cl)Cl)CC4)noc23)c(F)c1. The summed E-state index contributed by atoms with van der Waals surface area (Å²) in [6.07, 6.45) is 2.10. The number of aromatic nitrogens is 3. The Bertz CT molecular complexity index is 1130. The van der Waals surface area contributed by atoms with Gasteiger partial charge in [0.15, 0.2) is 5.82 Å². The minimum absolute atomic E-state index is 0.0207. The van der Waals surface area contributed by atoms with Gasteiger partial charge in [0.2, 0.25) is 9.38 Å². The van der Waals surface area contributed by atoms with Crippen molar-refractivity contribution in [1.82, 2.24) is 20.0 Å². The highest BCUT2D eigenvalue weighted by atomic mass is 35.6. The van der Waals surface area contributed by atoms with Crippen molar-refractivity contribution in [3.05, 3.63) is 41.6 Å². The van der Waals surface area contributed by atoms with E-state index in [4.69, 9.17) is 44.1 Å². The van der Waals surface area contributed by atoms with Crippen molar-refractivity contribution in [2.75, 3.05) is 25.0 Å². The van der Waals surface area contributed by atoms with Crippen LogP contribution < -0.4 is 5.32 Å². The number of alkyl halides is 3. The van der Waals surface area contributed by atoms with Gasteiger partial charge < -0.3 is 19.5 Å². The molecule has 0 atom stereocenters. The molecule has 170 valence electrons. The summed E-state index contributed by atoms with van der Waals surface area (Å²) in [7, 11) is 0. The molecule has 2 aromatic heterocycles. The van der Waals surface area contributed by atoms with Crippen molar-refractivity contribution in [2.24, 2.45) is 0 Å². The first kappa shape index (κ1) is 22.8. The van der Waals surface area contributed by atoms with E-state index < -0.39 is 15.7 Å². The quantitative estimate of drug-likeness (QED) is 0.471. The molecule has 1 fully saturated rings. The molecule has 12 heteroatoms. The van der Waals surface area contributed by atoms with E-state index in [0.29, 0.717) is 48.5 Å². The molecule has 0 bridgehead atoms. The van der Waals surface area contributed by atoms with Crippen LogP contribution in [-0.2, 0) is 4.74 Å². The smallest absolute Gasteiger partial charge is 0.409 e. The Balaban J connectivity index is 1.46. The molecule has 1 saturated heterocycles. The first-order valence-electron chi connectivity index (χ1n) is 9.83. The molecular formula is C20H19Cl3FN5O3. The van der Waals surface area contributed by atoms with Gasteiger partial charge in [0.25, 0.3) is 0 Å². The fourth-order valence-corrected chi connectivity index (χ4v) is 3.72. The summed E-state index contributed by atoms with van der Waals surface area (Å²) in [5, 5.41) is 7.14. The molecule has 0 saturated carbocycles. The Morgan fingerprint density at radius 2 is 2.06 bits per heavy atom. The zero-order valence-corrected chi connectivity index (χ0v) is 19.2. The standard InChI is InChI=1S/C20H19Cl3FN5O3/c1-11-2-3-14(13(24)8-11)27-18-17-16(25-10-26-18)15(28-32-17)12-4-6-29(7-5-12)19(30)31-9-20(21,22)23/h2-3,8,10,12H,4-7,9H2,1H3,(H,25,26,27). The molecule has 8 nitrogen and oxygen atoms in total. The number of aryl methyl sites for hydroxylation is 1. The van der Waals surface area contributed by atoms with Gasteiger partial charge in [-0.1, -0.05) is 46.0 Å². The van der Waals surface area contributed by atoms with Crippen LogP contribution >= 0.6 is 34.8 Å². The van der Waals surface area contributed by atoms with Gasteiger partial charge in [-0.05, 0) is 37.5 Å². The second-order valence-electron chi connectivity index (χ2n) is 7.51. The molecule has 0 unspecified atom stereocenters. The van der Waals surface area contributed by atoms with E-state index in [9.17, 15) is 9.18 Å². The lowest BCUT2D eigenvalue weighted by Crippen LogP contribution is -2.39. The van der Waals surface area contributed by atoms with Crippen LogP contribution in [0.15, 0.2) is 29.0 Å². The minimum Gasteiger partial charge on any atom is -0.445 e. The lowest BCUT2D eigenvalue weighted by atomic mass is 9.93. The van der Waals surface area contributed by atoms with Crippen molar-refractivity contribution in [2.45, 2.75) is 29.5 Å². The van der Waals surface area contributed by atoms with E-state index in [1.807, 2.05) is 6.92 Å². The zero-order valence-electron chi connectivity index (χ0n) is 16.9. The van der Waals surface area contributed by atoms with Crippen LogP contribution in [0, 0.1) is 12.7 Å². The third-order valence-corrected chi connectivity index (χ3v) is 5.49. The molecule has 1 aromatic carbocycles. The van der Waals surface area contributed by atoms with E-state index in [2.05, 4.69) is 20.4 Å². The molecule has 3 aromatic rings. The highest BCUT2D eigenvalue weighted by molar-refractivity contribution is 6.67. The van der Waals surface area contributed by atoms with Gasteiger partial charge >= 0.3 is 6.09 Å². The van der Waals surface area contributed by atoms with Crippen LogP contribution in [0.1, 0.15) is 30.0 Å². The van der Waals surface area contributed by atoms with E-state index in [0.717, 1.165) is 5.56 Å². The Hall–Kier alpha value is -2.36. The van der Waals surface area contributed by atoms with E-state index in [-0.39, 0.29) is 18.2 Å². The fourth-order valence-electron chi connectivity index (χ4n) is 3.56. The lowest BCUT2D eigenvalue weighted by Gasteiger charge is -2.30. The Morgan fingerprint density at radius 1 is 1.31 bits per heavy atom. The van der Waals surface area contributed by atoms with Crippen LogP contribution in [0.5, 0.6) is 0 Å². The van der Waals surface area contributed by atoms with Crippen molar-refractivity contribution < 1.29 is 18.4 Å². The average molecular weight is 503 g/mol. The van der Waals surface area contributed by atoms with E-state index in [1.165, 1.54) is 12.4 Å². The number of carbonyl (C=O) groups is 1. The summed E-state index contributed by atoms with van der Waals surface area (Å²) in [6.45, 7) is 2.38. The summed E-state index contributed by atoms with van der Waals surface area (Å²) in [5.74, 6) is -0.0537. The molecule has 4 rings (SSSR count). The topological polar surface area (TPSA) is 93.4 Å². The van der Waals surface area contributed by atoms with Gasteiger partial charge in [-0.25, -0.2) is 19.2 Å². The number of rotatable bonds is 4. The van der Waals surface area contributed by atoms with Gasteiger partial charge in [0, 0.05) is 19.0 Å². The summed E-state index contributed by atoms with van der Waals surface area (Å²) >= 11 is 16.9. The molecule has 1 aliphatic heterocycles. The van der Waals surface area contributed by atoms with Crippen LogP contribution in [0.2, 0.25) is 0 Å². The number of nitrogens with one attached hydrogen (secondary N) is 1. The Morgan fingerprint density at radius 3 is 2.75 bits per heavy atom. The molecule has 1 N–H and O–H groups in total. The van der Waals surface area contributed by atoms with E-state index >= 15 is 0 Å². The molecule has 0 radical (unpaired) electrons. The number of anilines is 2. The average Bonchev–Trinajstić information content (AvgIpc) is 3.19. The van der Waals surface area contributed by atoms with Crippen LogP contribution in [-0.4, -0.2) is 49.6 Å². The second kappa shape index (κ2) is 9.25. The number of halogens is 4. The molecule has 3 heterocycles. The molecule has 1 aliphatic rings. The van der Waals surface area contributed by atoms with Gasteiger partial charge in [0.05, 0.1) is 5.69 Å². The highest BCUT2D eigenvalue weighted by Gasteiger charge is 2.30. The lowest BCUT2D eigenvalue weighted by molar-refractivity contribution is 0.0939. The van der Waals surface area contributed by atoms with E-state index in [1.54, 1.807) is 17.0 Å². The molecule has 0 spiro atoms. The summed E-state index contributed by atoms with van der Waals surface area (Å²) in [6, 6.07) is 4.86. The van der Waals surface area contributed by atoms with Gasteiger partial charge in [-0.3, -0.25) is 0 Å². The Labute approximate surface area is 198 Å². The second-order valence-corrected chi connectivity index (χ2v) is 10.0. The number of piperidine rings is 1. The number of hydrogen-bond donors (Lipinski definition) is 1. The number of benzene rings is 1. The third-order valence-electron chi connectivity index (χ3n) is 5.16. The van der Waals surface area contributed by atoms with Gasteiger partial charge in [-0.2, -0.15) is 0 Å². The number of carbonyl (C=O) groups excluding carboxylic acids is 1. The van der Waals surface area contributed by atoms with Crippen molar-refractivity contribution >= 4 is 63.5 Å². The van der Waals surface area contributed by atoms with Crippen molar-refractivity contribution in [1.29, 1.82) is 0 Å². The minimum atomic E-state index is -1.65. The van der Waals surface area contributed by atoms with Crippen LogP contribution in [0.3, 0.4) is 0 Å². The number of likely N-dealkylation sites (tertiary alicyclic amines) is 1. The first-order valence-corrected chi connectivity index (χ1v) is 11.0. The third kappa shape index (κ3) is 5.16. The maximum absolute atomic E-state index is 14.2. The maximum atomic E-state index is 14.2. The van der Waals surface area contributed by atoms with Crippen molar-refractivity contribution in [3.8, 4) is 0 Å². The van der Waals surface area contributed by atoms with Crippen molar-refractivity contribution in [3.63, 3.8) is 0 Å². The normalized spacial score (nSPS) is 15.2. The molecule has 0 aliphatic carbocycles. The maximum Gasteiger partial charge on any atom is 0.409 e. The predicted octanol–water partition coefficient (Wildman–Crippen LogP) is 5.50. The number of nitrogens with zero attached hydrogens (tertiary/aromatic N) is 4. The zero-order chi connectivity index (χ0) is 22.9. The van der Waals surface area contributed by atoms with Crippen LogP contribution in [0.4, 0.5) is 20.7 Å². The highest BCUT2D eigenvalue weighted by Crippen LogP contribution is 2.34. The number of hydrogen-bond acceptors (Lipinski definition) is 7.